The van der Waals surface area contributed by atoms with Crippen molar-refractivity contribution in [3.05, 3.63) is 72.5 Å². The lowest BCUT2D eigenvalue weighted by Gasteiger charge is -2.33. The topological polar surface area (TPSA) is 7.12 Å². The largest absolute Gasteiger partial charge is 0.278 e. The first-order valence-electron chi connectivity index (χ1n) is 9.56. The number of likely N-dealkylation sites (N-methyl/N-ethyl adjacent to an activating group) is 1. The number of aromatic nitrogens is 1. The minimum Gasteiger partial charge on any atom is -0.278 e. The normalized spacial score (nSPS) is 28.3. The molecule has 3 heteroatoms. The zero-order chi connectivity index (χ0) is 18.1. The molecule has 2 nitrogen and oxygen atoms in total. The fourth-order valence-corrected chi connectivity index (χ4v) is 5.87. The van der Waals surface area contributed by atoms with Crippen molar-refractivity contribution in [3.8, 4) is 0 Å². The molecule has 1 aliphatic heterocycles. The molecular weight excluding hydrogens is 336 g/mol. The molecule has 0 bridgehead atoms. The molecule has 2 aliphatic rings. The highest BCUT2D eigenvalue weighted by Gasteiger charge is 2.45. The van der Waals surface area contributed by atoms with Gasteiger partial charge in [0.2, 0.25) is 5.52 Å². The summed E-state index contributed by atoms with van der Waals surface area (Å²) in [4.78, 5) is 2.62. The van der Waals surface area contributed by atoms with Gasteiger partial charge in [-0.3, -0.25) is 4.90 Å². The van der Waals surface area contributed by atoms with Crippen LogP contribution in [0, 0.1) is 0 Å². The van der Waals surface area contributed by atoms with Crippen LogP contribution in [-0.2, 0) is 6.54 Å². The van der Waals surface area contributed by atoms with E-state index in [0.717, 1.165) is 13.1 Å². The fraction of sp³-hybridized carbons (Fsp3) is 0.348. The molecule has 0 amide bonds. The van der Waals surface area contributed by atoms with Crippen LogP contribution in [0.2, 0.25) is 0 Å². The van der Waals surface area contributed by atoms with Crippen molar-refractivity contribution in [2.75, 3.05) is 6.54 Å². The molecule has 2 heterocycles. The number of nitrogens with zero attached hydrogens (tertiary/aromatic N) is 2. The van der Waals surface area contributed by atoms with Crippen molar-refractivity contribution in [2.24, 2.45) is 0 Å². The first kappa shape index (κ1) is 17.6. The maximum Gasteiger partial charge on any atom is 0.213 e. The fourth-order valence-electron chi connectivity index (χ4n) is 4.24. The Bertz CT molecular complexity index is 898. The minimum atomic E-state index is 0.0147. The molecule has 4 rings (SSSR count). The number of hydrogen-bond acceptors (Lipinski definition) is 2. The lowest BCUT2D eigenvalue weighted by molar-refractivity contribution is -0.667. The number of thioether (sulfide) groups is 1. The Balaban J connectivity index is 1.71. The highest BCUT2D eigenvalue weighted by Crippen LogP contribution is 2.47. The summed E-state index contributed by atoms with van der Waals surface area (Å²) in [6.07, 6.45) is 16.0. The Labute approximate surface area is 160 Å². The third-order valence-electron chi connectivity index (χ3n) is 5.57. The van der Waals surface area contributed by atoms with Gasteiger partial charge in [-0.2, -0.15) is 4.57 Å². The number of rotatable bonds is 4. The van der Waals surface area contributed by atoms with E-state index in [-0.39, 0.29) is 4.87 Å². The van der Waals surface area contributed by atoms with Gasteiger partial charge in [0.15, 0.2) is 6.20 Å². The van der Waals surface area contributed by atoms with Gasteiger partial charge in [0.25, 0.3) is 0 Å². The Morgan fingerprint density at radius 3 is 2.77 bits per heavy atom. The number of fused-ring (bicyclic) bond motifs is 2. The Kier molecular flexibility index (Phi) is 4.76. The zero-order valence-corrected chi connectivity index (χ0v) is 16.6. The lowest BCUT2D eigenvalue weighted by atomic mass is 10.0. The van der Waals surface area contributed by atoms with Crippen molar-refractivity contribution >= 4 is 28.7 Å². The summed E-state index contributed by atoms with van der Waals surface area (Å²) in [5, 5.41) is 1.87. The minimum absolute atomic E-state index is 0.0147. The van der Waals surface area contributed by atoms with Gasteiger partial charge in [0.05, 0.1) is 10.3 Å². The molecule has 0 radical (unpaired) electrons. The molecular formula is C23H27N2S+. The standard InChI is InChI=1S/C23H27N2S/c1-4-24-17-15-18(19-10-6-7-11-20(19)24)14-16-23(3)25(5-2)21-12-8-9-13-22(21)26-23/h6-17,21-22H,4-5H2,1-3H3/q+1. The van der Waals surface area contributed by atoms with Gasteiger partial charge in [-0.05, 0) is 32.0 Å². The van der Waals surface area contributed by atoms with Crippen molar-refractivity contribution in [1.82, 2.24) is 4.90 Å². The Hall–Kier alpha value is -1.84. The number of allylic oxidation sites excluding steroid dienone is 2. The van der Waals surface area contributed by atoms with Crippen molar-refractivity contribution in [3.63, 3.8) is 0 Å². The summed E-state index contributed by atoms with van der Waals surface area (Å²) >= 11 is 2.06. The molecule has 0 saturated carbocycles. The molecule has 1 fully saturated rings. The van der Waals surface area contributed by atoms with Gasteiger partial charge in [-0.15, -0.1) is 11.8 Å². The van der Waals surface area contributed by atoms with E-state index in [2.05, 4.69) is 115 Å². The van der Waals surface area contributed by atoms with Gasteiger partial charge in [0.1, 0.15) is 6.54 Å². The van der Waals surface area contributed by atoms with Crippen molar-refractivity contribution < 1.29 is 4.57 Å². The quantitative estimate of drug-likeness (QED) is 0.720. The van der Waals surface area contributed by atoms with E-state index in [1.165, 1.54) is 16.5 Å². The van der Waals surface area contributed by atoms with E-state index < -0.39 is 0 Å². The van der Waals surface area contributed by atoms with E-state index in [1.807, 2.05) is 0 Å². The van der Waals surface area contributed by atoms with Gasteiger partial charge >= 0.3 is 0 Å². The van der Waals surface area contributed by atoms with E-state index in [0.29, 0.717) is 11.3 Å². The van der Waals surface area contributed by atoms with Crippen LogP contribution in [0.5, 0.6) is 0 Å². The third kappa shape index (κ3) is 2.93. The smallest absolute Gasteiger partial charge is 0.213 e. The Morgan fingerprint density at radius 1 is 1.15 bits per heavy atom. The summed E-state index contributed by atoms with van der Waals surface area (Å²) in [7, 11) is 0. The van der Waals surface area contributed by atoms with E-state index >= 15 is 0 Å². The highest BCUT2D eigenvalue weighted by molar-refractivity contribution is 8.01. The molecule has 1 aromatic carbocycles. The van der Waals surface area contributed by atoms with E-state index in [4.69, 9.17) is 0 Å². The average molecular weight is 364 g/mol. The van der Waals surface area contributed by atoms with Crippen LogP contribution in [0.4, 0.5) is 0 Å². The van der Waals surface area contributed by atoms with Gasteiger partial charge in [0, 0.05) is 23.4 Å². The monoisotopic (exact) mass is 363 g/mol. The molecule has 1 saturated heterocycles. The number of benzene rings is 1. The third-order valence-corrected chi connectivity index (χ3v) is 7.13. The summed E-state index contributed by atoms with van der Waals surface area (Å²) in [5.74, 6) is 0. The maximum absolute atomic E-state index is 2.61. The van der Waals surface area contributed by atoms with Crippen LogP contribution in [0.1, 0.15) is 26.3 Å². The number of pyridine rings is 1. The van der Waals surface area contributed by atoms with Crippen molar-refractivity contribution in [1.29, 1.82) is 0 Å². The predicted octanol–water partition coefficient (Wildman–Crippen LogP) is 4.81. The molecule has 134 valence electrons. The lowest BCUT2D eigenvalue weighted by Crippen LogP contribution is -2.43. The molecule has 0 N–H and O–H groups in total. The van der Waals surface area contributed by atoms with Crippen LogP contribution in [0.3, 0.4) is 0 Å². The van der Waals surface area contributed by atoms with Crippen LogP contribution >= 0.6 is 11.8 Å². The summed E-state index contributed by atoms with van der Waals surface area (Å²) < 4.78 is 2.31. The molecule has 2 aromatic rings. The van der Waals surface area contributed by atoms with Gasteiger partial charge in [-0.1, -0.05) is 55.5 Å². The van der Waals surface area contributed by atoms with E-state index in [9.17, 15) is 0 Å². The SMILES string of the molecule is CCN1C2C=CC=CC2SC1(C)C=Cc1cc[n+](CC)c2ccccc12. The zero-order valence-electron chi connectivity index (χ0n) is 15.8. The first-order valence-corrected chi connectivity index (χ1v) is 10.4. The summed E-state index contributed by atoms with van der Waals surface area (Å²) in [5.41, 5.74) is 2.59. The van der Waals surface area contributed by atoms with Crippen molar-refractivity contribution in [2.45, 2.75) is 43.5 Å². The second kappa shape index (κ2) is 7.05. The molecule has 1 aromatic heterocycles. The molecule has 3 atom stereocenters. The number of para-hydroxylation sites is 1. The van der Waals surface area contributed by atoms with Gasteiger partial charge in [-0.25, -0.2) is 0 Å². The van der Waals surface area contributed by atoms with Crippen LogP contribution in [0.25, 0.3) is 17.0 Å². The predicted molar refractivity (Wildman–Crippen MR) is 113 cm³/mol. The molecule has 3 unspecified atom stereocenters. The molecule has 26 heavy (non-hydrogen) atoms. The Morgan fingerprint density at radius 2 is 1.96 bits per heavy atom. The molecule has 0 spiro atoms. The second-order valence-electron chi connectivity index (χ2n) is 7.09. The number of aryl methyl sites for hydroxylation is 1. The van der Waals surface area contributed by atoms with Crippen LogP contribution in [0.15, 0.2) is 66.9 Å². The summed E-state index contributed by atoms with van der Waals surface area (Å²) in [6, 6.07) is 11.4. The van der Waals surface area contributed by atoms with E-state index in [1.54, 1.807) is 0 Å². The summed E-state index contributed by atoms with van der Waals surface area (Å²) in [6.45, 7) is 8.86. The average Bonchev–Trinajstić information content (AvgIpc) is 2.97. The van der Waals surface area contributed by atoms with Crippen LogP contribution < -0.4 is 4.57 Å². The van der Waals surface area contributed by atoms with Crippen LogP contribution in [-0.4, -0.2) is 27.6 Å². The number of hydrogen-bond donors (Lipinski definition) is 0. The molecule has 1 aliphatic carbocycles. The second-order valence-corrected chi connectivity index (χ2v) is 8.70. The highest BCUT2D eigenvalue weighted by atomic mass is 32.2. The maximum atomic E-state index is 2.61. The first-order chi connectivity index (χ1) is 12.7. The van der Waals surface area contributed by atoms with Gasteiger partial charge < -0.3 is 0 Å².